The van der Waals surface area contributed by atoms with Gasteiger partial charge in [-0.15, -0.1) is 0 Å². The number of halogens is 1. The first-order chi connectivity index (χ1) is 8.56. The largest absolute Gasteiger partial charge is 0.494 e. The van der Waals surface area contributed by atoms with Gasteiger partial charge in [0.1, 0.15) is 5.56 Å². The minimum Gasteiger partial charge on any atom is -0.494 e. The molecule has 0 radical (unpaired) electrons. The highest BCUT2D eigenvalue weighted by Crippen LogP contribution is 2.14. The first kappa shape index (κ1) is 13.0. The molecule has 0 fully saturated rings. The fourth-order valence-corrected chi connectivity index (χ4v) is 1.82. The van der Waals surface area contributed by atoms with Gasteiger partial charge in [0.2, 0.25) is 5.88 Å². The number of aromatic hydroxyl groups is 1. The topological polar surface area (TPSA) is 81.2 Å². The van der Waals surface area contributed by atoms with Gasteiger partial charge >= 0.3 is 0 Å². The van der Waals surface area contributed by atoms with Gasteiger partial charge in [0, 0.05) is 9.78 Å². The predicted octanol–water partition coefficient (Wildman–Crippen LogP) is 2.49. The monoisotopic (exact) mass is 373 g/mol. The third-order valence-corrected chi connectivity index (χ3v) is 3.05. The second-order valence-corrected chi connectivity index (χ2v) is 5.06. The number of aliphatic imine (C=N–C) groups is 1. The molecule has 92 valence electrons. The maximum Gasteiger partial charge on any atom is 0.264 e. The molecular weight excluding hydrogens is 365 g/mol. The molecular formula is C11H8IN3O2S. The molecule has 0 saturated heterocycles. The number of hydrogen-bond donors (Lipinski definition) is 3. The molecule has 0 aliphatic rings. The average Bonchev–Trinajstić information content (AvgIpc) is 2.30. The molecule has 0 atom stereocenters. The number of benzene rings is 1. The fraction of sp³-hybridized carbons (Fsp3) is 0. The Labute approximate surface area is 121 Å². The van der Waals surface area contributed by atoms with Gasteiger partial charge in [-0.1, -0.05) is 0 Å². The lowest BCUT2D eigenvalue weighted by Gasteiger charge is -1.97. The van der Waals surface area contributed by atoms with Gasteiger partial charge in [-0.05, 0) is 59.1 Å². The highest BCUT2D eigenvalue weighted by Gasteiger charge is 2.03. The predicted molar refractivity (Wildman–Crippen MR) is 80.3 cm³/mol. The van der Waals surface area contributed by atoms with Gasteiger partial charge < -0.3 is 10.1 Å². The average molecular weight is 373 g/mol. The third-order valence-electron chi connectivity index (χ3n) is 2.13. The lowest BCUT2D eigenvalue weighted by Crippen LogP contribution is -2.13. The lowest BCUT2D eigenvalue weighted by molar-refractivity contribution is 0.449. The van der Waals surface area contributed by atoms with Crippen molar-refractivity contribution in [1.82, 2.24) is 9.97 Å². The summed E-state index contributed by atoms with van der Waals surface area (Å²) in [6.07, 6.45) is 1.29. The Bertz CT molecular complexity index is 703. The molecule has 18 heavy (non-hydrogen) atoms. The maximum atomic E-state index is 11.5. The minimum absolute atomic E-state index is 0.0437. The van der Waals surface area contributed by atoms with Crippen molar-refractivity contribution in [2.45, 2.75) is 0 Å². The molecule has 0 spiro atoms. The molecule has 7 heteroatoms. The standard InChI is InChI=1S/C11H8IN3O2S/c12-6-1-3-7(4-2-6)13-5-8-9(16)14-11(18)15-10(8)17/h1-5H,(H3,14,15,16,17,18). The number of rotatable bonds is 2. The van der Waals surface area contributed by atoms with Crippen LogP contribution in [-0.2, 0) is 0 Å². The van der Waals surface area contributed by atoms with E-state index in [0.29, 0.717) is 5.69 Å². The molecule has 5 nitrogen and oxygen atoms in total. The Balaban J connectivity index is 2.38. The summed E-state index contributed by atoms with van der Waals surface area (Å²) in [5, 5.41) is 9.56. The fourth-order valence-electron chi connectivity index (χ4n) is 1.27. The van der Waals surface area contributed by atoms with E-state index in [0.717, 1.165) is 3.57 Å². The van der Waals surface area contributed by atoms with Gasteiger partial charge in [-0.2, -0.15) is 0 Å². The van der Waals surface area contributed by atoms with Crippen LogP contribution in [0, 0.1) is 8.34 Å². The normalized spacial score (nSPS) is 10.9. The van der Waals surface area contributed by atoms with Crippen LogP contribution in [0.5, 0.6) is 5.88 Å². The summed E-state index contributed by atoms with van der Waals surface area (Å²) < 4.78 is 1.17. The van der Waals surface area contributed by atoms with Crippen LogP contribution < -0.4 is 5.56 Å². The highest BCUT2D eigenvalue weighted by atomic mass is 127. The zero-order chi connectivity index (χ0) is 13.1. The lowest BCUT2D eigenvalue weighted by atomic mass is 10.3. The van der Waals surface area contributed by atoms with Crippen molar-refractivity contribution < 1.29 is 5.11 Å². The quantitative estimate of drug-likeness (QED) is 0.430. The van der Waals surface area contributed by atoms with Crippen LogP contribution in [0.3, 0.4) is 0 Å². The van der Waals surface area contributed by atoms with E-state index in [1.807, 2.05) is 24.3 Å². The van der Waals surface area contributed by atoms with Crippen molar-refractivity contribution in [3.8, 4) is 5.88 Å². The summed E-state index contributed by atoms with van der Waals surface area (Å²) in [5.74, 6) is -0.294. The Kier molecular flexibility index (Phi) is 3.92. The Hall–Kier alpha value is -1.48. The van der Waals surface area contributed by atoms with Gasteiger partial charge in [0.05, 0.1) is 5.69 Å². The van der Waals surface area contributed by atoms with Crippen LogP contribution >= 0.6 is 34.8 Å². The van der Waals surface area contributed by atoms with E-state index in [1.54, 1.807) is 0 Å². The van der Waals surface area contributed by atoms with Crippen LogP contribution in [0.1, 0.15) is 5.56 Å². The van der Waals surface area contributed by atoms with Crippen molar-refractivity contribution >= 4 is 46.7 Å². The second-order valence-electron chi connectivity index (χ2n) is 3.41. The number of hydrogen-bond acceptors (Lipinski definition) is 4. The van der Waals surface area contributed by atoms with Crippen LogP contribution in [0.25, 0.3) is 0 Å². The van der Waals surface area contributed by atoms with Crippen LogP contribution in [-0.4, -0.2) is 21.3 Å². The van der Waals surface area contributed by atoms with Crippen molar-refractivity contribution in [2.24, 2.45) is 4.99 Å². The molecule has 2 rings (SSSR count). The summed E-state index contributed by atoms with van der Waals surface area (Å²) in [7, 11) is 0. The molecule has 0 aliphatic heterocycles. The third kappa shape index (κ3) is 3.05. The summed E-state index contributed by atoms with van der Waals surface area (Å²) in [6, 6.07) is 7.43. The van der Waals surface area contributed by atoms with Crippen molar-refractivity contribution in [1.29, 1.82) is 0 Å². The Morgan fingerprint density at radius 2 is 1.94 bits per heavy atom. The zero-order valence-electron chi connectivity index (χ0n) is 8.98. The molecule has 0 saturated carbocycles. The van der Waals surface area contributed by atoms with Gasteiger partial charge in [0.25, 0.3) is 5.56 Å². The van der Waals surface area contributed by atoms with Crippen LogP contribution in [0.2, 0.25) is 0 Å². The number of nitrogens with one attached hydrogen (secondary N) is 2. The van der Waals surface area contributed by atoms with Crippen LogP contribution in [0.4, 0.5) is 5.69 Å². The summed E-state index contributed by atoms with van der Waals surface area (Å²) >= 11 is 6.91. The molecule has 0 aliphatic carbocycles. The van der Waals surface area contributed by atoms with E-state index in [-0.39, 0.29) is 16.2 Å². The first-order valence-electron chi connectivity index (χ1n) is 4.91. The van der Waals surface area contributed by atoms with E-state index >= 15 is 0 Å². The molecule has 1 aromatic heterocycles. The summed E-state index contributed by atoms with van der Waals surface area (Å²) in [5.41, 5.74) is 0.254. The first-order valence-corrected chi connectivity index (χ1v) is 6.40. The van der Waals surface area contributed by atoms with Gasteiger partial charge in [0.15, 0.2) is 4.77 Å². The van der Waals surface area contributed by atoms with E-state index in [2.05, 4.69) is 37.6 Å². The highest BCUT2D eigenvalue weighted by molar-refractivity contribution is 14.1. The number of H-pyrrole nitrogens is 2. The minimum atomic E-state index is -0.481. The number of nitrogens with zero attached hydrogens (tertiary/aromatic N) is 1. The SMILES string of the molecule is O=c1[nH]c(=S)[nH]c(O)c1C=Nc1ccc(I)cc1. The molecule has 1 heterocycles. The second kappa shape index (κ2) is 5.44. The molecule has 2 aromatic rings. The molecule has 3 N–H and O–H groups in total. The van der Waals surface area contributed by atoms with E-state index in [1.165, 1.54) is 6.21 Å². The zero-order valence-corrected chi connectivity index (χ0v) is 11.9. The Morgan fingerprint density at radius 1 is 1.28 bits per heavy atom. The van der Waals surface area contributed by atoms with Crippen molar-refractivity contribution in [2.75, 3.05) is 0 Å². The van der Waals surface area contributed by atoms with Crippen LogP contribution in [0.15, 0.2) is 34.1 Å². The number of aromatic nitrogens is 2. The van der Waals surface area contributed by atoms with Gasteiger partial charge in [-0.25, -0.2) is 0 Å². The molecule has 0 bridgehead atoms. The molecule has 0 unspecified atom stereocenters. The van der Waals surface area contributed by atoms with Gasteiger partial charge in [-0.3, -0.25) is 14.8 Å². The molecule has 1 aromatic carbocycles. The van der Waals surface area contributed by atoms with E-state index in [4.69, 9.17) is 12.2 Å². The van der Waals surface area contributed by atoms with Crippen molar-refractivity contribution in [3.63, 3.8) is 0 Å². The Morgan fingerprint density at radius 3 is 2.56 bits per heavy atom. The molecule has 0 amide bonds. The summed E-state index contributed by atoms with van der Waals surface area (Å²) in [4.78, 5) is 20.5. The number of aromatic amines is 2. The van der Waals surface area contributed by atoms with E-state index in [9.17, 15) is 9.90 Å². The van der Waals surface area contributed by atoms with E-state index < -0.39 is 5.56 Å². The maximum absolute atomic E-state index is 11.5. The van der Waals surface area contributed by atoms with Crippen molar-refractivity contribution in [3.05, 3.63) is 48.5 Å². The summed E-state index contributed by atoms with van der Waals surface area (Å²) in [6.45, 7) is 0. The smallest absolute Gasteiger partial charge is 0.264 e.